The molecule has 5 nitrogen and oxygen atoms in total. The van der Waals surface area contributed by atoms with Crippen LogP contribution in [0, 0.1) is 12.8 Å². The van der Waals surface area contributed by atoms with Crippen LogP contribution in [0.2, 0.25) is 0 Å². The Bertz CT molecular complexity index is 397. The third-order valence-corrected chi connectivity index (χ3v) is 3.50. The lowest BCUT2D eigenvalue weighted by Gasteiger charge is -2.14. The number of hydrogen-bond donors (Lipinski definition) is 3. The van der Waals surface area contributed by atoms with Crippen molar-refractivity contribution in [3.8, 4) is 0 Å². The Hall–Kier alpha value is -1.36. The predicted molar refractivity (Wildman–Crippen MR) is 72.8 cm³/mol. The van der Waals surface area contributed by atoms with Gasteiger partial charge in [-0.2, -0.15) is 0 Å². The highest BCUT2D eigenvalue weighted by Crippen LogP contribution is 2.26. The number of aliphatic hydroxyl groups is 1. The summed E-state index contributed by atoms with van der Waals surface area (Å²) < 4.78 is 0. The van der Waals surface area contributed by atoms with Gasteiger partial charge < -0.3 is 15.7 Å². The van der Waals surface area contributed by atoms with Crippen molar-refractivity contribution >= 4 is 11.6 Å². The largest absolute Gasteiger partial charge is 0.393 e. The van der Waals surface area contributed by atoms with E-state index in [9.17, 15) is 5.11 Å². The van der Waals surface area contributed by atoms with Gasteiger partial charge in [0.05, 0.1) is 6.10 Å². The molecule has 2 unspecified atom stereocenters. The van der Waals surface area contributed by atoms with E-state index < -0.39 is 0 Å². The second-order valence-electron chi connectivity index (χ2n) is 4.94. The Morgan fingerprint density at radius 2 is 2.00 bits per heavy atom. The molecule has 0 saturated heterocycles. The van der Waals surface area contributed by atoms with Crippen molar-refractivity contribution in [3.63, 3.8) is 0 Å². The van der Waals surface area contributed by atoms with Gasteiger partial charge in [-0.15, -0.1) is 0 Å². The molecule has 1 aliphatic carbocycles. The highest BCUT2D eigenvalue weighted by atomic mass is 16.3. The lowest BCUT2D eigenvalue weighted by atomic mass is 10.1. The zero-order chi connectivity index (χ0) is 13.0. The average Bonchev–Trinajstić information content (AvgIpc) is 2.77. The van der Waals surface area contributed by atoms with E-state index in [2.05, 4.69) is 27.5 Å². The number of hydrogen-bond acceptors (Lipinski definition) is 5. The van der Waals surface area contributed by atoms with Crippen molar-refractivity contribution < 1.29 is 5.11 Å². The van der Waals surface area contributed by atoms with Crippen LogP contribution < -0.4 is 10.6 Å². The van der Waals surface area contributed by atoms with Gasteiger partial charge >= 0.3 is 0 Å². The number of nitrogens with one attached hydrogen (secondary N) is 2. The van der Waals surface area contributed by atoms with E-state index in [4.69, 9.17) is 0 Å². The standard InChI is InChI=1S/C13H22N4O/c1-3-14-12-9(2)13(17-8-16-12)15-7-10-4-5-11(18)6-10/h8,10-11,18H,3-7H2,1-2H3,(H2,14,15,16,17). The molecule has 100 valence electrons. The first-order valence-electron chi connectivity index (χ1n) is 6.68. The molecule has 0 radical (unpaired) electrons. The minimum Gasteiger partial charge on any atom is -0.393 e. The number of rotatable bonds is 5. The molecule has 1 aliphatic rings. The summed E-state index contributed by atoms with van der Waals surface area (Å²) in [6, 6.07) is 0. The molecule has 1 saturated carbocycles. The fraction of sp³-hybridized carbons (Fsp3) is 0.692. The first kappa shape index (κ1) is 13.1. The molecule has 0 amide bonds. The number of aliphatic hydroxyl groups excluding tert-OH is 1. The van der Waals surface area contributed by atoms with Gasteiger partial charge in [-0.25, -0.2) is 9.97 Å². The van der Waals surface area contributed by atoms with Gasteiger partial charge in [0.2, 0.25) is 0 Å². The van der Waals surface area contributed by atoms with Crippen LogP contribution in [0.3, 0.4) is 0 Å². The maximum atomic E-state index is 9.50. The normalized spacial score (nSPS) is 23.1. The predicted octanol–water partition coefficient (Wildman–Crippen LogP) is 1.79. The van der Waals surface area contributed by atoms with Gasteiger partial charge in [-0.3, -0.25) is 0 Å². The number of nitrogens with zero attached hydrogens (tertiary/aromatic N) is 2. The van der Waals surface area contributed by atoms with E-state index in [1.807, 2.05) is 6.92 Å². The molecule has 3 N–H and O–H groups in total. The molecule has 0 aromatic carbocycles. The van der Waals surface area contributed by atoms with Crippen LogP contribution in [0.1, 0.15) is 31.7 Å². The second kappa shape index (κ2) is 6.00. The number of aromatic nitrogens is 2. The highest BCUT2D eigenvalue weighted by molar-refractivity contribution is 5.56. The van der Waals surface area contributed by atoms with E-state index in [0.29, 0.717) is 5.92 Å². The second-order valence-corrected chi connectivity index (χ2v) is 4.94. The quantitative estimate of drug-likeness (QED) is 0.743. The molecule has 0 spiro atoms. The molecule has 18 heavy (non-hydrogen) atoms. The molecule has 1 fully saturated rings. The zero-order valence-corrected chi connectivity index (χ0v) is 11.1. The molecule has 0 bridgehead atoms. The molecule has 1 heterocycles. The first-order valence-corrected chi connectivity index (χ1v) is 6.68. The Labute approximate surface area is 108 Å². The summed E-state index contributed by atoms with van der Waals surface area (Å²) in [4.78, 5) is 8.49. The summed E-state index contributed by atoms with van der Waals surface area (Å²) in [5, 5.41) is 16.1. The summed E-state index contributed by atoms with van der Waals surface area (Å²) in [5.41, 5.74) is 1.05. The van der Waals surface area contributed by atoms with Crippen molar-refractivity contribution in [1.82, 2.24) is 9.97 Å². The third kappa shape index (κ3) is 3.10. The van der Waals surface area contributed by atoms with Crippen LogP contribution in [0.25, 0.3) is 0 Å². The summed E-state index contributed by atoms with van der Waals surface area (Å²) in [6.45, 7) is 5.80. The van der Waals surface area contributed by atoms with E-state index in [1.165, 1.54) is 0 Å². The van der Waals surface area contributed by atoms with Crippen molar-refractivity contribution in [2.75, 3.05) is 23.7 Å². The topological polar surface area (TPSA) is 70.1 Å². The van der Waals surface area contributed by atoms with Crippen molar-refractivity contribution in [3.05, 3.63) is 11.9 Å². The van der Waals surface area contributed by atoms with E-state index >= 15 is 0 Å². The maximum Gasteiger partial charge on any atom is 0.134 e. The van der Waals surface area contributed by atoms with Gasteiger partial charge in [0, 0.05) is 18.7 Å². The van der Waals surface area contributed by atoms with E-state index in [1.54, 1.807) is 6.33 Å². The first-order chi connectivity index (χ1) is 8.70. The number of anilines is 2. The Morgan fingerprint density at radius 3 is 2.61 bits per heavy atom. The molecule has 5 heteroatoms. The Morgan fingerprint density at radius 1 is 1.28 bits per heavy atom. The molecule has 0 aliphatic heterocycles. The van der Waals surface area contributed by atoms with Crippen molar-refractivity contribution in [2.45, 2.75) is 39.2 Å². The average molecular weight is 250 g/mol. The summed E-state index contributed by atoms with van der Waals surface area (Å²) in [7, 11) is 0. The smallest absolute Gasteiger partial charge is 0.134 e. The molecule has 1 aromatic heterocycles. The highest BCUT2D eigenvalue weighted by Gasteiger charge is 2.22. The SMILES string of the molecule is CCNc1ncnc(NCC2CCC(O)C2)c1C. The minimum atomic E-state index is -0.111. The third-order valence-electron chi connectivity index (χ3n) is 3.50. The molecule has 1 aromatic rings. The van der Waals surface area contributed by atoms with Gasteiger partial charge in [-0.05, 0) is 39.0 Å². The van der Waals surface area contributed by atoms with Crippen LogP contribution >= 0.6 is 0 Å². The van der Waals surface area contributed by atoms with Gasteiger partial charge in [0.1, 0.15) is 18.0 Å². The molecule has 2 atom stereocenters. The van der Waals surface area contributed by atoms with Gasteiger partial charge in [-0.1, -0.05) is 0 Å². The summed E-state index contributed by atoms with van der Waals surface area (Å²) in [5.74, 6) is 2.33. The Kier molecular flexibility index (Phi) is 4.36. The fourth-order valence-electron chi connectivity index (χ4n) is 2.45. The van der Waals surface area contributed by atoms with Crippen molar-refractivity contribution in [2.24, 2.45) is 5.92 Å². The van der Waals surface area contributed by atoms with Crippen LogP contribution in [-0.4, -0.2) is 34.3 Å². The maximum absolute atomic E-state index is 9.50. The van der Waals surface area contributed by atoms with Crippen LogP contribution in [0.15, 0.2) is 6.33 Å². The monoisotopic (exact) mass is 250 g/mol. The van der Waals surface area contributed by atoms with Crippen LogP contribution in [-0.2, 0) is 0 Å². The summed E-state index contributed by atoms with van der Waals surface area (Å²) >= 11 is 0. The minimum absolute atomic E-state index is 0.111. The van der Waals surface area contributed by atoms with Crippen LogP contribution in [0.5, 0.6) is 0 Å². The van der Waals surface area contributed by atoms with E-state index in [-0.39, 0.29) is 6.10 Å². The van der Waals surface area contributed by atoms with E-state index in [0.717, 1.165) is 49.6 Å². The lowest BCUT2D eigenvalue weighted by Crippen LogP contribution is -2.15. The molecule has 2 rings (SSSR count). The molecular formula is C13H22N4O. The van der Waals surface area contributed by atoms with Crippen LogP contribution in [0.4, 0.5) is 11.6 Å². The van der Waals surface area contributed by atoms with Gasteiger partial charge in [0.15, 0.2) is 0 Å². The lowest BCUT2D eigenvalue weighted by molar-refractivity contribution is 0.178. The zero-order valence-electron chi connectivity index (χ0n) is 11.1. The molecular weight excluding hydrogens is 228 g/mol. The fourth-order valence-corrected chi connectivity index (χ4v) is 2.45. The van der Waals surface area contributed by atoms with Crippen molar-refractivity contribution in [1.29, 1.82) is 0 Å². The van der Waals surface area contributed by atoms with Gasteiger partial charge in [0.25, 0.3) is 0 Å². The Balaban J connectivity index is 1.94. The summed E-state index contributed by atoms with van der Waals surface area (Å²) in [6.07, 6.45) is 4.39.